The molecule has 0 spiro atoms. The van der Waals surface area contributed by atoms with Gasteiger partial charge in [0.2, 0.25) is 5.91 Å². The van der Waals surface area contributed by atoms with E-state index >= 15 is 0 Å². The zero-order chi connectivity index (χ0) is 21.3. The summed E-state index contributed by atoms with van der Waals surface area (Å²) in [4.78, 5) is 31.1. The van der Waals surface area contributed by atoms with Crippen molar-refractivity contribution in [3.05, 3.63) is 77.4 Å². The molecule has 3 aromatic rings. The van der Waals surface area contributed by atoms with Gasteiger partial charge in [-0.1, -0.05) is 18.2 Å². The Bertz CT molecular complexity index is 1110. The first kappa shape index (κ1) is 19.7. The number of carbonyl (C=O) groups excluding carboxylic acids is 2. The summed E-state index contributed by atoms with van der Waals surface area (Å²) in [7, 11) is 3.50. The normalized spacial score (nSPS) is 13.6. The maximum atomic E-state index is 13.2. The molecule has 7 nitrogen and oxygen atoms in total. The van der Waals surface area contributed by atoms with Crippen LogP contribution >= 0.6 is 0 Å². The molecule has 1 aromatic heterocycles. The highest BCUT2D eigenvalue weighted by Gasteiger charge is 2.26. The first-order valence-electron chi connectivity index (χ1n) is 9.81. The third kappa shape index (κ3) is 3.54. The van der Waals surface area contributed by atoms with Crippen LogP contribution in [0.1, 0.15) is 40.3 Å². The number of rotatable bonds is 5. The second-order valence-electron chi connectivity index (χ2n) is 7.31. The Labute approximate surface area is 175 Å². The number of aromatic nitrogens is 2. The quantitative estimate of drug-likeness (QED) is 0.710. The van der Waals surface area contributed by atoms with E-state index in [1.54, 1.807) is 31.2 Å². The number of aryl methyl sites for hydroxylation is 1. The highest BCUT2D eigenvalue weighted by Crippen LogP contribution is 2.31. The van der Waals surface area contributed by atoms with Gasteiger partial charge in [0.15, 0.2) is 0 Å². The lowest BCUT2D eigenvalue weighted by molar-refractivity contribution is -0.116. The number of amides is 2. The van der Waals surface area contributed by atoms with Gasteiger partial charge in [-0.3, -0.25) is 9.59 Å². The lowest BCUT2D eigenvalue weighted by Crippen LogP contribution is -2.31. The molecule has 1 unspecified atom stereocenters. The molecule has 0 bridgehead atoms. The number of anilines is 1. The molecule has 1 atom stereocenters. The lowest BCUT2D eigenvalue weighted by Gasteiger charge is -2.21. The predicted molar refractivity (Wildman–Crippen MR) is 114 cm³/mol. The van der Waals surface area contributed by atoms with Crippen LogP contribution in [-0.4, -0.2) is 35.0 Å². The van der Waals surface area contributed by atoms with Crippen molar-refractivity contribution in [2.24, 2.45) is 7.05 Å². The first-order chi connectivity index (χ1) is 14.5. The summed E-state index contributed by atoms with van der Waals surface area (Å²) in [6.45, 7) is 2.20. The maximum Gasteiger partial charge on any atom is 0.252 e. The van der Waals surface area contributed by atoms with Gasteiger partial charge in [-0.25, -0.2) is 4.98 Å². The van der Waals surface area contributed by atoms with Crippen molar-refractivity contribution in [3.8, 4) is 5.75 Å². The Morgan fingerprint density at radius 2 is 2.00 bits per heavy atom. The van der Waals surface area contributed by atoms with Crippen LogP contribution in [0.4, 0.5) is 5.69 Å². The van der Waals surface area contributed by atoms with Gasteiger partial charge in [-0.15, -0.1) is 0 Å². The van der Waals surface area contributed by atoms with Gasteiger partial charge in [0.1, 0.15) is 17.6 Å². The van der Waals surface area contributed by atoms with Gasteiger partial charge >= 0.3 is 0 Å². The third-order valence-electron chi connectivity index (χ3n) is 5.46. The number of carbonyl (C=O) groups is 2. The van der Waals surface area contributed by atoms with Crippen molar-refractivity contribution in [2.75, 3.05) is 18.6 Å². The van der Waals surface area contributed by atoms with Crippen LogP contribution in [0.15, 0.2) is 54.9 Å². The average Bonchev–Trinajstić information content (AvgIpc) is 3.37. The molecule has 154 valence electrons. The Balaban J connectivity index is 1.67. The molecule has 0 saturated carbocycles. The van der Waals surface area contributed by atoms with Gasteiger partial charge in [0.25, 0.3) is 5.91 Å². The molecule has 4 rings (SSSR count). The second-order valence-corrected chi connectivity index (χ2v) is 7.31. The van der Waals surface area contributed by atoms with Gasteiger partial charge in [-0.05, 0) is 36.2 Å². The van der Waals surface area contributed by atoms with Gasteiger partial charge < -0.3 is 19.5 Å². The summed E-state index contributed by atoms with van der Waals surface area (Å²) in [5.74, 6) is 1.18. The molecule has 1 aliphatic rings. The molecule has 1 N–H and O–H groups in total. The monoisotopic (exact) mass is 404 g/mol. The molecule has 1 aliphatic heterocycles. The van der Waals surface area contributed by atoms with E-state index in [0.717, 1.165) is 23.2 Å². The van der Waals surface area contributed by atoms with E-state index in [-0.39, 0.29) is 11.8 Å². The van der Waals surface area contributed by atoms with E-state index in [1.807, 2.05) is 54.2 Å². The molecule has 0 fully saturated rings. The molecule has 0 saturated heterocycles. The smallest absolute Gasteiger partial charge is 0.252 e. The van der Waals surface area contributed by atoms with Crippen molar-refractivity contribution in [3.63, 3.8) is 0 Å². The highest BCUT2D eigenvalue weighted by molar-refractivity contribution is 5.98. The Kier molecular flexibility index (Phi) is 5.27. The Morgan fingerprint density at radius 3 is 2.70 bits per heavy atom. The van der Waals surface area contributed by atoms with Crippen LogP contribution in [-0.2, 0) is 18.3 Å². The lowest BCUT2D eigenvalue weighted by atomic mass is 10.0. The highest BCUT2D eigenvalue weighted by atomic mass is 16.5. The number of fused-ring (bicyclic) bond motifs is 1. The summed E-state index contributed by atoms with van der Waals surface area (Å²) in [5.41, 5.74) is 3.26. The third-order valence-corrected chi connectivity index (χ3v) is 5.46. The van der Waals surface area contributed by atoms with Crippen molar-refractivity contribution in [1.82, 2.24) is 14.9 Å². The van der Waals surface area contributed by atoms with Gasteiger partial charge in [0, 0.05) is 49.7 Å². The van der Waals surface area contributed by atoms with E-state index in [2.05, 4.69) is 10.3 Å². The van der Waals surface area contributed by atoms with Gasteiger partial charge in [-0.2, -0.15) is 0 Å². The number of hydrogen-bond acceptors (Lipinski definition) is 4. The summed E-state index contributed by atoms with van der Waals surface area (Å²) in [6.07, 6.45) is 4.29. The van der Waals surface area contributed by atoms with Crippen LogP contribution in [0.5, 0.6) is 5.75 Å². The minimum Gasteiger partial charge on any atom is -0.496 e. The van der Waals surface area contributed by atoms with E-state index < -0.39 is 6.04 Å². The fraction of sp³-hybridized carbons (Fsp3) is 0.261. The predicted octanol–water partition coefficient (Wildman–Crippen LogP) is 2.86. The zero-order valence-corrected chi connectivity index (χ0v) is 17.3. The van der Waals surface area contributed by atoms with Crippen LogP contribution in [0, 0.1) is 0 Å². The number of para-hydroxylation sites is 1. The molecule has 0 radical (unpaired) electrons. The van der Waals surface area contributed by atoms with Gasteiger partial charge in [0.05, 0.1) is 7.11 Å². The number of ether oxygens (including phenoxy) is 1. The average molecular weight is 404 g/mol. The van der Waals surface area contributed by atoms with Crippen molar-refractivity contribution in [2.45, 2.75) is 19.4 Å². The summed E-state index contributed by atoms with van der Waals surface area (Å²) < 4.78 is 7.40. The Hall–Kier alpha value is -3.61. The molecule has 2 heterocycles. The molecule has 2 amide bonds. The number of imidazole rings is 1. The van der Waals surface area contributed by atoms with E-state index in [9.17, 15) is 9.59 Å². The summed E-state index contributed by atoms with van der Waals surface area (Å²) in [5, 5.41) is 3.11. The molecule has 0 aliphatic carbocycles. The minimum absolute atomic E-state index is 0.0111. The number of benzene rings is 2. The van der Waals surface area contributed by atoms with Crippen LogP contribution in [0.2, 0.25) is 0 Å². The fourth-order valence-electron chi connectivity index (χ4n) is 3.93. The van der Waals surface area contributed by atoms with E-state index in [0.29, 0.717) is 23.7 Å². The number of nitrogens with zero attached hydrogens (tertiary/aromatic N) is 3. The number of hydrogen-bond donors (Lipinski definition) is 1. The SMILES string of the molecule is COc1ccccc1C(NC(=O)c1ccc2c(c1)CCN2C(C)=O)c1nccn1C. The van der Waals surface area contributed by atoms with Crippen LogP contribution in [0.3, 0.4) is 0 Å². The molecule has 30 heavy (non-hydrogen) atoms. The molecular weight excluding hydrogens is 380 g/mol. The summed E-state index contributed by atoms with van der Waals surface area (Å²) >= 11 is 0. The largest absolute Gasteiger partial charge is 0.496 e. The second kappa shape index (κ2) is 8.02. The standard InChI is InChI=1S/C23H24N4O3/c1-15(28)27-12-10-16-14-17(8-9-19(16)27)23(29)25-21(22-24-11-13-26(22)2)18-6-4-5-7-20(18)30-3/h4-9,11,13-14,21H,10,12H2,1-3H3,(H,25,29). The van der Waals surface area contributed by atoms with E-state index in [1.165, 1.54) is 0 Å². The summed E-state index contributed by atoms with van der Waals surface area (Å²) in [6, 6.07) is 12.6. The van der Waals surface area contributed by atoms with Crippen molar-refractivity contribution in [1.29, 1.82) is 0 Å². The maximum absolute atomic E-state index is 13.2. The van der Waals surface area contributed by atoms with Crippen molar-refractivity contribution < 1.29 is 14.3 Å². The fourth-order valence-corrected chi connectivity index (χ4v) is 3.93. The number of nitrogens with one attached hydrogen (secondary N) is 1. The molecule has 2 aromatic carbocycles. The first-order valence-corrected chi connectivity index (χ1v) is 9.81. The topological polar surface area (TPSA) is 76.5 Å². The van der Waals surface area contributed by atoms with Crippen molar-refractivity contribution >= 4 is 17.5 Å². The number of methoxy groups -OCH3 is 1. The van der Waals surface area contributed by atoms with Crippen LogP contribution in [0.25, 0.3) is 0 Å². The molecular formula is C23H24N4O3. The van der Waals surface area contributed by atoms with E-state index in [4.69, 9.17) is 4.74 Å². The zero-order valence-electron chi connectivity index (χ0n) is 17.3. The molecule has 7 heteroatoms. The Morgan fingerprint density at radius 1 is 1.20 bits per heavy atom. The van der Waals surface area contributed by atoms with Crippen LogP contribution < -0.4 is 15.0 Å². The minimum atomic E-state index is -0.476.